The molecule has 84 valence electrons. The third-order valence-electron chi connectivity index (χ3n) is 1.80. The van der Waals surface area contributed by atoms with Crippen LogP contribution in [-0.2, 0) is 6.42 Å². The topological polar surface area (TPSA) is 35.2 Å². The van der Waals surface area contributed by atoms with Gasteiger partial charge in [-0.2, -0.15) is 8.78 Å². The van der Waals surface area contributed by atoms with E-state index in [1.165, 1.54) is 6.07 Å². The summed E-state index contributed by atoms with van der Waals surface area (Å²) in [7, 11) is 0. The molecule has 1 aromatic carbocycles. The zero-order valence-corrected chi connectivity index (χ0v) is 8.97. The van der Waals surface area contributed by atoms with Crippen molar-refractivity contribution in [1.82, 2.24) is 0 Å². The fourth-order valence-corrected chi connectivity index (χ4v) is 1.52. The van der Waals surface area contributed by atoms with Crippen LogP contribution in [0.2, 0.25) is 5.02 Å². The quantitative estimate of drug-likeness (QED) is 0.871. The Kier molecular flexibility index (Phi) is 4.29. The highest BCUT2D eigenvalue weighted by Gasteiger charge is 2.14. The van der Waals surface area contributed by atoms with Crippen LogP contribution in [0.25, 0.3) is 0 Å². The molecule has 1 rings (SSSR count). The standard InChI is InChI=1S/C10H12ClF2NO/c1-6(14)5-7-3-2-4-8(11)9(7)15-10(12)13/h2-4,6,10H,5,14H2,1H3. The minimum atomic E-state index is -2.88. The summed E-state index contributed by atoms with van der Waals surface area (Å²) in [5, 5.41) is 0.174. The molecule has 0 bridgehead atoms. The SMILES string of the molecule is CC(N)Cc1cccc(Cl)c1OC(F)F. The molecule has 0 aliphatic carbocycles. The minimum absolute atomic E-state index is 0.0199. The summed E-state index contributed by atoms with van der Waals surface area (Å²) in [5.74, 6) is 0.0199. The van der Waals surface area contributed by atoms with E-state index in [9.17, 15) is 8.78 Å². The van der Waals surface area contributed by atoms with Crippen molar-refractivity contribution in [3.8, 4) is 5.75 Å². The number of rotatable bonds is 4. The van der Waals surface area contributed by atoms with Crippen LogP contribution < -0.4 is 10.5 Å². The largest absolute Gasteiger partial charge is 0.433 e. The van der Waals surface area contributed by atoms with E-state index >= 15 is 0 Å². The van der Waals surface area contributed by atoms with Crippen LogP contribution in [-0.4, -0.2) is 12.7 Å². The molecule has 0 radical (unpaired) electrons. The molecule has 2 N–H and O–H groups in total. The van der Waals surface area contributed by atoms with Crippen LogP contribution in [0.15, 0.2) is 18.2 Å². The molecular formula is C10H12ClF2NO. The van der Waals surface area contributed by atoms with Gasteiger partial charge in [0.1, 0.15) is 5.75 Å². The van der Waals surface area contributed by atoms with Gasteiger partial charge in [0.05, 0.1) is 5.02 Å². The second kappa shape index (κ2) is 5.28. The first-order chi connectivity index (χ1) is 7.00. The molecular weight excluding hydrogens is 224 g/mol. The Hall–Kier alpha value is -0.870. The molecule has 0 saturated carbocycles. The van der Waals surface area contributed by atoms with Crippen molar-refractivity contribution in [2.24, 2.45) is 5.73 Å². The number of benzene rings is 1. The number of para-hydroxylation sites is 1. The first-order valence-corrected chi connectivity index (χ1v) is 4.86. The molecule has 5 heteroatoms. The average molecular weight is 236 g/mol. The Balaban J connectivity index is 2.97. The predicted octanol–water partition coefficient (Wildman–Crippen LogP) is 2.83. The fourth-order valence-electron chi connectivity index (χ4n) is 1.28. The molecule has 1 aromatic rings. The van der Waals surface area contributed by atoms with Gasteiger partial charge in [-0.1, -0.05) is 23.7 Å². The molecule has 1 unspecified atom stereocenters. The predicted molar refractivity (Wildman–Crippen MR) is 55.4 cm³/mol. The first kappa shape index (κ1) is 12.2. The summed E-state index contributed by atoms with van der Waals surface area (Å²) in [6.07, 6.45) is 0.447. The Morgan fingerprint density at radius 3 is 2.67 bits per heavy atom. The molecule has 0 aromatic heterocycles. The molecule has 0 saturated heterocycles. The Morgan fingerprint density at radius 1 is 1.47 bits per heavy atom. The summed E-state index contributed by atoms with van der Waals surface area (Å²) >= 11 is 5.76. The Morgan fingerprint density at radius 2 is 2.13 bits per heavy atom. The number of alkyl halides is 2. The van der Waals surface area contributed by atoms with E-state index in [1.807, 2.05) is 0 Å². The Bertz CT molecular complexity index is 331. The monoisotopic (exact) mass is 235 g/mol. The Labute approximate surface area is 92.0 Å². The van der Waals surface area contributed by atoms with E-state index in [0.717, 1.165) is 0 Å². The van der Waals surface area contributed by atoms with Crippen molar-refractivity contribution in [2.75, 3.05) is 0 Å². The van der Waals surface area contributed by atoms with E-state index in [1.54, 1.807) is 19.1 Å². The maximum Gasteiger partial charge on any atom is 0.387 e. The van der Waals surface area contributed by atoms with E-state index in [-0.39, 0.29) is 16.8 Å². The van der Waals surface area contributed by atoms with Gasteiger partial charge in [0.2, 0.25) is 0 Å². The molecule has 0 heterocycles. The van der Waals surface area contributed by atoms with Gasteiger partial charge in [0, 0.05) is 6.04 Å². The van der Waals surface area contributed by atoms with Crippen molar-refractivity contribution >= 4 is 11.6 Å². The van der Waals surface area contributed by atoms with Gasteiger partial charge in [-0.25, -0.2) is 0 Å². The smallest absolute Gasteiger partial charge is 0.387 e. The van der Waals surface area contributed by atoms with Crippen molar-refractivity contribution in [2.45, 2.75) is 26.0 Å². The third-order valence-corrected chi connectivity index (χ3v) is 2.09. The lowest BCUT2D eigenvalue weighted by Gasteiger charge is -2.13. The van der Waals surface area contributed by atoms with Gasteiger partial charge < -0.3 is 10.5 Å². The molecule has 0 fully saturated rings. The van der Waals surface area contributed by atoms with Crippen molar-refractivity contribution < 1.29 is 13.5 Å². The molecule has 0 spiro atoms. The van der Waals surface area contributed by atoms with Gasteiger partial charge >= 0.3 is 6.61 Å². The number of nitrogens with two attached hydrogens (primary N) is 1. The average Bonchev–Trinajstić information content (AvgIpc) is 2.09. The summed E-state index contributed by atoms with van der Waals surface area (Å²) in [5.41, 5.74) is 6.18. The lowest BCUT2D eigenvalue weighted by Crippen LogP contribution is -2.18. The van der Waals surface area contributed by atoms with E-state index in [4.69, 9.17) is 17.3 Å². The van der Waals surface area contributed by atoms with Crippen LogP contribution in [0, 0.1) is 0 Å². The van der Waals surface area contributed by atoms with Crippen LogP contribution in [0.3, 0.4) is 0 Å². The molecule has 0 aliphatic heterocycles. The van der Waals surface area contributed by atoms with Crippen LogP contribution in [0.1, 0.15) is 12.5 Å². The number of hydrogen-bond acceptors (Lipinski definition) is 2. The summed E-state index contributed by atoms with van der Waals surface area (Å²) in [6.45, 7) is -1.09. The highest BCUT2D eigenvalue weighted by Crippen LogP contribution is 2.30. The van der Waals surface area contributed by atoms with E-state index < -0.39 is 6.61 Å². The normalized spacial score (nSPS) is 12.9. The minimum Gasteiger partial charge on any atom is -0.433 e. The second-order valence-electron chi connectivity index (χ2n) is 3.29. The van der Waals surface area contributed by atoms with Gasteiger partial charge in [-0.05, 0) is 25.0 Å². The maximum atomic E-state index is 12.1. The third kappa shape index (κ3) is 3.64. The summed E-state index contributed by atoms with van der Waals surface area (Å²) in [4.78, 5) is 0. The maximum absolute atomic E-state index is 12.1. The molecule has 0 aliphatic rings. The van der Waals surface area contributed by atoms with Gasteiger partial charge in [0.25, 0.3) is 0 Å². The lowest BCUT2D eigenvalue weighted by molar-refractivity contribution is -0.0504. The molecule has 2 nitrogen and oxygen atoms in total. The highest BCUT2D eigenvalue weighted by molar-refractivity contribution is 6.32. The van der Waals surface area contributed by atoms with Crippen molar-refractivity contribution in [1.29, 1.82) is 0 Å². The zero-order chi connectivity index (χ0) is 11.4. The van der Waals surface area contributed by atoms with Gasteiger partial charge in [-0.3, -0.25) is 0 Å². The van der Waals surface area contributed by atoms with Crippen LogP contribution in [0.5, 0.6) is 5.75 Å². The summed E-state index contributed by atoms with van der Waals surface area (Å²) < 4.78 is 28.6. The first-order valence-electron chi connectivity index (χ1n) is 4.48. The van der Waals surface area contributed by atoms with Crippen LogP contribution >= 0.6 is 11.6 Å². The van der Waals surface area contributed by atoms with E-state index in [2.05, 4.69) is 4.74 Å². The summed E-state index contributed by atoms with van der Waals surface area (Å²) in [6, 6.07) is 4.72. The van der Waals surface area contributed by atoms with Gasteiger partial charge in [0.15, 0.2) is 0 Å². The zero-order valence-electron chi connectivity index (χ0n) is 8.21. The molecule has 1 atom stereocenters. The molecule has 15 heavy (non-hydrogen) atoms. The van der Waals surface area contributed by atoms with Gasteiger partial charge in [-0.15, -0.1) is 0 Å². The molecule has 0 amide bonds. The second-order valence-corrected chi connectivity index (χ2v) is 3.70. The number of halogens is 3. The fraction of sp³-hybridized carbons (Fsp3) is 0.400. The number of ether oxygens (including phenoxy) is 1. The van der Waals surface area contributed by atoms with Crippen LogP contribution in [0.4, 0.5) is 8.78 Å². The van der Waals surface area contributed by atoms with E-state index in [0.29, 0.717) is 12.0 Å². The highest BCUT2D eigenvalue weighted by atomic mass is 35.5. The number of hydrogen-bond donors (Lipinski definition) is 1. The van der Waals surface area contributed by atoms with Crippen molar-refractivity contribution in [3.63, 3.8) is 0 Å². The lowest BCUT2D eigenvalue weighted by atomic mass is 10.1. The van der Waals surface area contributed by atoms with Crippen molar-refractivity contribution in [3.05, 3.63) is 28.8 Å².